The van der Waals surface area contributed by atoms with Crippen LogP contribution in [0.2, 0.25) is 0 Å². The van der Waals surface area contributed by atoms with E-state index in [0.717, 1.165) is 42.9 Å². The van der Waals surface area contributed by atoms with Crippen LogP contribution in [0.25, 0.3) is 0 Å². The average molecular weight is 327 g/mol. The quantitative estimate of drug-likeness (QED) is 0.887. The molecule has 2 N–H and O–H groups in total. The number of hydrogen-bond donors (Lipinski definition) is 1. The molecule has 0 bridgehead atoms. The summed E-state index contributed by atoms with van der Waals surface area (Å²) in [5, 5.41) is 0. The third-order valence-electron chi connectivity index (χ3n) is 4.44. The summed E-state index contributed by atoms with van der Waals surface area (Å²) in [5.74, 6) is -0.509. The molecule has 2 aromatic rings. The maximum Gasteiger partial charge on any atom is 0.217 e. The van der Waals surface area contributed by atoms with Crippen LogP contribution in [0, 0.1) is 5.82 Å². The summed E-state index contributed by atoms with van der Waals surface area (Å²) in [6, 6.07) is 12.9. The van der Waals surface area contributed by atoms with Crippen LogP contribution < -0.4 is 5.73 Å². The predicted octanol–water partition coefficient (Wildman–Crippen LogP) is 2.98. The fourth-order valence-corrected chi connectivity index (χ4v) is 3.29. The third kappa shape index (κ3) is 4.17. The zero-order valence-electron chi connectivity index (χ0n) is 13.6. The fraction of sp³-hybridized carbons (Fsp3) is 0.368. The Morgan fingerprint density at radius 3 is 2.92 bits per heavy atom. The maximum atomic E-state index is 13.4. The molecule has 4 nitrogen and oxygen atoms in total. The van der Waals surface area contributed by atoms with Gasteiger partial charge in [-0.05, 0) is 55.6 Å². The van der Waals surface area contributed by atoms with E-state index in [1.165, 1.54) is 6.07 Å². The molecule has 0 aliphatic carbocycles. The summed E-state index contributed by atoms with van der Waals surface area (Å²) in [4.78, 5) is 18.0. The van der Waals surface area contributed by atoms with E-state index in [9.17, 15) is 9.18 Å². The van der Waals surface area contributed by atoms with Gasteiger partial charge in [-0.25, -0.2) is 4.39 Å². The van der Waals surface area contributed by atoms with E-state index in [-0.39, 0.29) is 17.8 Å². The van der Waals surface area contributed by atoms with Gasteiger partial charge >= 0.3 is 0 Å². The molecule has 1 aromatic carbocycles. The molecule has 1 amide bonds. The molecule has 5 heteroatoms. The van der Waals surface area contributed by atoms with E-state index in [0.29, 0.717) is 12.8 Å². The number of aryl methyl sites for hydroxylation is 1. The summed E-state index contributed by atoms with van der Waals surface area (Å²) in [6.45, 7) is 1.70. The first kappa shape index (κ1) is 16.6. The molecule has 1 unspecified atom stereocenters. The number of halogens is 1. The van der Waals surface area contributed by atoms with Gasteiger partial charge in [-0.15, -0.1) is 0 Å². The number of carbonyl (C=O) groups excluding carboxylic acids is 1. The van der Waals surface area contributed by atoms with Crippen LogP contribution >= 0.6 is 0 Å². The van der Waals surface area contributed by atoms with Gasteiger partial charge in [0.15, 0.2) is 0 Å². The Bertz CT molecular complexity index is 719. The van der Waals surface area contributed by atoms with Crippen molar-refractivity contribution in [1.82, 2.24) is 9.88 Å². The second-order valence-corrected chi connectivity index (χ2v) is 6.28. The summed E-state index contributed by atoms with van der Waals surface area (Å²) in [7, 11) is 0. The lowest BCUT2D eigenvalue weighted by Crippen LogP contribution is -2.23. The Labute approximate surface area is 141 Å². The van der Waals surface area contributed by atoms with E-state index in [1.807, 2.05) is 24.3 Å². The van der Waals surface area contributed by atoms with Gasteiger partial charge in [-0.2, -0.15) is 0 Å². The van der Waals surface area contributed by atoms with Gasteiger partial charge < -0.3 is 5.73 Å². The van der Waals surface area contributed by atoms with Crippen molar-refractivity contribution in [3.8, 4) is 0 Å². The van der Waals surface area contributed by atoms with Crippen molar-refractivity contribution in [2.45, 2.75) is 38.3 Å². The van der Waals surface area contributed by atoms with E-state index < -0.39 is 0 Å². The monoisotopic (exact) mass is 327 g/mol. The van der Waals surface area contributed by atoms with Crippen molar-refractivity contribution in [2.75, 3.05) is 6.54 Å². The van der Waals surface area contributed by atoms with Crippen LogP contribution in [0.5, 0.6) is 0 Å². The van der Waals surface area contributed by atoms with Crippen LogP contribution in [0.1, 0.15) is 42.3 Å². The van der Waals surface area contributed by atoms with Gasteiger partial charge in [-0.3, -0.25) is 14.7 Å². The van der Waals surface area contributed by atoms with E-state index >= 15 is 0 Å². The Kier molecular flexibility index (Phi) is 5.20. The third-order valence-corrected chi connectivity index (χ3v) is 4.44. The molecule has 0 saturated carbocycles. The minimum absolute atomic E-state index is 0.199. The Morgan fingerprint density at radius 1 is 1.29 bits per heavy atom. The lowest BCUT2D eigenvalue weighted by molar-refractivity contribution is -0.118. The summed E-state index contributed by atoms with van der Waals surface area (Å²) in [5.41, 5.74) is 8.11. The molecule has 1 aliphatic rings. The van der Waals surface area contributed by atoms with E-state index in [1.54, 1.807) is 12.1 Å². The van der Waals surface area contributed by atoms with Gasteiger partial charge in [0.25, 0.3) is 0 Å². The molecule has 0 radical (unpaired) electrons. The largest absolute Gasteiger partial charge is 0.370 e. The molecule has 0 spiro atoms. The topological polar surface area (TPSA) is 59.2 Å². The van der Waals surface area contributed by atoms with Crippen molar-refractivity contribution >= 4 is 5.91 Å². The molecule has 126 valence electrons. The maximum absolute atomic E-state index is 13.4. The molecule has 1 aliphatic heterocycles. The van der Waals surface area contributed by atoms with Gasteiger partial charge in [0.05, 0.1) is 11.7 Å². The number of nitrogens with two attached hydrogens (primary N) is 1. The zero-order valence-corrected chi connectivity index (χ0v) is 13.6. The number of hydrogen-bond acceptors (Lipinski definition) is 3. The van der Waals surface area contributed by atoms with Crippen LogP contribution in [0.3, 0.4) is 0 Å². The first-order valence-corrected chi connectivity index (χ1v) is 8.34. The molecule has 3 rings (SSSR count). The molecular weight excluding hydrogens is 305 g/mol. The minimum atomic E-state index is -0.309. The second kappa shape index (κ2) is 7.53. The van der Waals surface area contributed by atoms with E-state index in [2.05, 4.69) is 4.90 Å². The number of carbonyl (C=O) groups is 1. The molecule has 1 fully saturated rings. The highest BCUT2D eigenvalue weighted by Crippen LogP contribution is 2.32. The minimum Gasteiger partial charge on any atom is -0.370 e. The highest BCUT2D eigenvalue weighted by molar-refractivity contribution is 5.73. The molecule has 1 saturated heterocycles. The number of likely N-dealkylation sites (tertiary alicyclic amines) is 1. The molecule has 2 heterocycles. The molecule has 24 heavy (non-hydrogen) atoms. The smallest absolute Gasteiger partial charge is 0.217 e. The van der Waals surface area contributed by atoms with Crippen molar-refractivity contribution < 1.29 is 9.18 Å². The average Bonchev–Trinajstić information content (AvgIpc) is 3.01. The van der Waals surface area contributed by atoms with Crippen molar-refractivity contribution in [1.29, 1.82) is 0 Å². The second-order valence-electron chi connectivity index (χ2n) is 6.28. The predicted molar refractivity (Wildman–Crippen MR) is 90.5 cm³/mol. The first-order chi connectivity index (χ1) is 11.6. The Morgan fingerprint density at radius 2 is 2.12 bits per heavy atom. The number of rotatable bonds is 6. The van der Waals surface area contributed by atoms with Crippen molar-refractivity contribution in [2.24, 2.45) is 5.73 Å². The summed E-state index contributed by atoms with van der Waals surface area (Å²) in [6.07, 6.45) is 3.03. The highest BCUT2D eigenvalue weighted by Gasteiger charge is 2.27. The SMILES string of the molecule is NC(=O)CCc1cccc(C2CCCN2Cc2cccc(F)c2)n1. The molecular formula is C19H22FN3O. The summed E-state index contributed by atoms with van der Waals surface area (Å²) >= 11 is 0. The lowest BCUT2D eigenvalue weighted by atomic mass is 10.1. The number of nitrogens with zero attached hydrogens (tertiary/aromatic N) is 2. The van der Waals surface area contributed by atoms with Crippen molar-refractivity contribution in [3.63, 3.8) is 0 Å². The van der Waals surface area contributed by atoms with Crippen molar-refractivity contribution in [3.05, 3.63) is 65.2 Å². The first-order valence-electron chi connectivity index (χ1n) is 8.34. The van der Waals surface area contributed by atoms with Gasteiger partial charge in [0, 0.05) is 18.7 Å². The van der Waals surface area contributed by atoms with Gasteiger partial charge in [0.2, 0.25) is 5.91 Å². The van der Waals surface area contributed by atoms with Crippen LogP contribution in [0.15, 0.2) is 42.5 Å². The molecule has 1 atom stereocenters. The van der Waals surface area contributed by atoms with Crippen LogP contribution in [-0.4, -0.2) is 22.3 Å². The number of amides is 1. The van der Waals surface area contributed by atoms with Gasteiger partial charge in [0.1, 0.15) is 5.82 Å². The zero-order chi connectivity index (χ0) is 16.9. The van der Waals surface area contributed by atoms with Crippen LogP contribution in [-0.2, 0) is 17.8 Å². The number of aromatic nitrogens is 1. The number of benzene rings is 1. The standard InChI is InChI=1S/C19H22FN3O/c20-15-5-1-4-14(12-15)13-23-11-3-8-18(23)17-7-2-6-16(22-17)9-10-19(21)24/h1-2,4-7,12,18H,3,8-11,13H2,(H2,21,24). The Balaban J connectivity index is 1.73. The van der Waals surface area contributed by atoms with Gasteiger partial charge in [-0.1, -0.05) is 18.2 Å². The normalized spacial score (nSPS) is 18.0. The van der Waals surface area contributed by atoms with E-state index in [4.69, 9.17) is 10.7 Å². The van der Waals surface area contributed by atoms with Crippen LogP contribution in [0.4, 0.5) is 4.39 Å². The highest BCUT2D eigenvalue weighted by atomic mass is 19.1. The molecule has 1 aromatic heterocycles. The Hall–Kier alpha value is -2.27. The summed E-state index contributed by atoms with van der Waals surface area (Å²) < 4.78 is 13.4. The fourth-order valence-electron chi connectivity index (χ4n) is 3.29. The lowest BCUT2D eigenvalue weighted by Gasteiger charge is -2.24. The number of primary amides is 1. The number of pyridine rings is 1.